The Hall–Kier alpha value is -0.860. The highest BCUT2D eigenvalue weighted by Crippen LogP contribution is 2.32. The quantitative estimate of drug-likeness (QED) is 0.790. The van der Waals surface area contributed by atoms with Gasteiger partial charge in [0.15, 0.2) is 0 Å². The van der Waals surface area contributed by atoms with Gasteiger partial charge in [-0.15, -0.1) is 0 Å². The van der Waals surface area contributed by atoms with E-state index in [0.29, 0.717) is 6.10 Å². The van der Waals surface area contributed by atoms with Gasteiger partial charge in [0.25, 0.3) is 0 Å². The second kappa shape index (κ2) is 8.55. The van der Waals surface area contributed by atoms with Gasteiger partial charge in [-0.2, -0.15) is 0 Å². The van der Waals surface area contributed by atoms with Crippen molar-refractivity contribution in [3.8, 4) is 0 Å². The van der Waals surface area contributed by atoms with Crippen LogP contribution in [0.15, 0.2) is 24.3 Å². The molecule has 1 aliphatic rings. The molecule has 2 nitrogen and oxygen atoms in total. The maximum absolute atomic E-state index is 6.53. The molecule has 118 valence electrons. The SMILES string of the molecule is CCNCC(OC1CCCC(CC)C1)c1ccccc1C. The van der Waals surface area contributed by atoms with Crippen molar-refractivity contribution in [1.82, 2.24) is 5.32 Å². The van der Waals surface area contributed by atoms with Crippen LogP contribution in [-0.4, -0.2) is 19.2 Å². The number of likely N-dealkylation sites (N-methyl/N-ethyl adjacent to an activating group) is 1. The predicted octanol–water partition coefficient (Wildman–Crippen LogP) is 4.63. The second-order valence-corrected chi connectivity index (χ2v) is 6.35. The molecule has 0 radical (unpaired) electrons. The first-order valence-corrected chi connectivity index (χ1v) is 8.66. The van der Waals surface area contributed by atoms with Gasteiger partial charge in [-0.3, -0.25) is 0 Å². The van der Waals surface area contributed by atoms with Crippen LogP contribution in [0.5, 0.6) is 0 Å². The molecule has 0 aromatic heterocycles. The van der Waals surface area contributed by atoms with Gasteiger partial charge in [-0.25, -0.2) is 0 Å². The third-order valence-corrected chi connectivity index (χ3v) is 4.78. The lowest BCUT2D eigenvalue weighted by Crippen LogP contribution is -2.30. The third kappa shape index (κ3) is 4.82. The third-order valence-electron chi connectivity index (χ3n) is 4.78. The number of nitrogens with one attached hydrogen (secondary N) is 1. The first-order chi connectivity index (χ1) is 10.2. The standard InChI is InChI=1S/C19H31NO/c1-4-16-10-8-11-17(13-16)21-19(14-20-5-2)18-12-7-6-9-15(18)3/h6-7,9,12,16-17,19-20H,4-5,8,10-11,13-14H2,1-3H3. The molecule has 0 heterocycles. The fourth-order valence-electron chi connectivity index (χ4n) is 3.42. The number of ether oxygens (including phenoxy) is 1. The van der Waals surface area contributed by atoms with Crippen LogP contribution >= 0.6 is 0 Å². The Morgan fingerprint density at radius 3 is 2.76 bits per heavy atom. The minimum atomic E-state index is 0.187. The summed E-state index contributed by atoms with van der Waals surface area (Å²) in [5.41, 5.74) is 2.68. The van der Waals surface area contributed by atoms with Gasteiger partial charge in [0, 0.05) is 6.54 Å². The Morgan fingerprint density at radius 2 is 2.05 bits per heavy atom. The lowest BCUT2D eigenvalue weighted by Gasteiger charge is -2.32. The molecule has 2 heteroatoms. The van der Waals surface area contributed by atoms with Crippen molar-refractivity contribution < 1.29 is 4.74 Å². The van der Waals surface area contributed by atoms with Crippen molar-refractivity contribution in [2.45, 2.75) is 65.1 Å². The molecule has 0 saturated heterocycles. The fraction of sp³-hybridized carbons (Fsp3) is 0.684. The molecule has 1 aromatic carbocycles. The van der Waals surface area contributed by atoms with Crippen LogP contribution in [0.25, 0.3) is 0 Å². The Kier molecular flexibility index (Phi) is 6.72. The first-order valence-electron chi connectivity index (χ1n) is 8.66. The Labute approximate surface area is 130 Å². The van der Waals surface area contributed by atoms with Crippen molar-refractivity contribution in [1.29, 1.82) is 0 Å². The van der Waals surface area contributed by atoms with Crippen LogP contribution in [0.4, 0.5) is 0 Å². The molecule has 1 N–H and O–H groups in total. The summed E-state index contributed by atoms with van der Waals surface area (Å²) in [4.78, 5) is 0. The van der Waals surface area contributed by atoms with Crippen LogP contribution in [0, 0.1) is 12.8 Å². The van der Waals surface area contributed by atoms with E-state index < -0.39 is 0 Å². The normalized spacial score (nSPS) is 24.0. The van der Waals surface area contributed by atoms with Crippen LogP contribution in [0.2, 0.25) is 0 Å². The molecule has 1 aromatic rings. The smallest absolute Gasteiger partial charge is 0.0955 e. The predicted molar refractivity (Wildman–Crippen MR) is 89.6 cm³/mol. The molecule has 1 fully saturated rings. The molecule has 1 aliphatic carbocycles. The zero-order valence-corrected chi connectivity index (χ0v) is 13.9. The molecular weight excluding hydrogens is 258 g/mol. The first kappa shape index (κ1) is 16.5. The van der Waals surface area contributed by atoms with Gasteiger partial charge >= 0.3 is 0 Å². The number of benzene rings is 1. The van der Waals surface area contributed by atoms with Crippen molar-refractivity contribution in [3.63, 3.8) is 0 Å². The van der Waals surface area contributed by atoms with Crippen molar-refractivity contribution >= 4 is 0 Å². The van der Waals surface area contributed by atoms with Crippen LogP contribution in [0.1, 0.15) is 63.2 Å². The second-order valence-electron chi connectivity index (χ2n) is 6.35. The molecule has 2 rings (SSSR count). The average Bonchev–Trinajstić information content (AvgIpc) is 2.52. The van der Waals surface area contributed by atoms with Crippen molar-refractivity contribution in [3.05, 3.63) is 35.4 Å². The van der Waals surface area contributed by atoms with E-state index in [2.05, 4.69) is 50.4 Å². The number of hydrogen-bond donors (Lipinski definition) is 1. The lowest BCUT2D eigenvalue weighted by atomic mass is 9.85. The molecule has 0 aliphatic heterocycles. The van der Waals surface area contributed by atoms with E-state index in [0.717, 1.165) is 19.0 Å². The topological polar surface area (TPSA) is 21.3 Å². The average molecular weight is 289 g/mol. The van der Waals surface area contributed by atoms with E-state index in [9.17, 15) is 0 Å². The Bertz CT molecular complexity index is 418. The van der Waals surface area contributed by atoms with E-state index in [1.54, 1.807) is 0 Å². The minimum Gasteiger partial charge on any atom is -0.369 e. The summed E-state index contributed by atoms with van der Waals surface area (Å²) in [6, 6.07) is 8.64. The minimum absolute atomic E-state index is 0.187. The zero-order valence-electron chi connectivity index (χ0n) is 13.9. The Morgan fingerprint density at radius 1 is 1.24 bits per heavy atom. The van der Waals surface area contributed by atoms with Crippen LogP contribution < -0.4 is 5.32 Å². The summed E-state index contributed by atoms with van der Waals surface area (Å²) in [6.45, 7) is 8.56. The van der Waals surface area contributed by atoms with E-state index >= 15 is 0 Å². The summed E-state index contributed by atoms with van der Waals surface area (Å²) in [5.74, 6) is 0.861. The summed E-state index contributed by atoms with van der Waals surface area (Å²) in [7, 11) is 0. The van der Waals surface area contributed by atoms with E-state index in [4.69, 9.17) is 4.74 Å². The van der Waals surface area contributed by atoms with Gasteiger partial charge < -0.3 is 10.1 Å². The molecule has 0 spiro atoms. The summed E-state index contributed by atoms with van der Waals surface area (Å²) < 4.78 is 6.53. The number of rotatable bonds is 7. The van der Waals surface area contributed by atoms with E-state index in [-0.39, 0.29) is 6.10 Å². The molecule has 1 saturated carbocycles. The maximum atomic E-state index is 6.53. The summed E-state index contributed by atoms with van der Waals surface area (Å²) >= 11 is 0. The lowest BCUT2D eigenvalue weighted by molar-refractivity contribution is -0.0415. The largest absolute Gasteiger partial charge is 0.369 e. The zero-order chi connectivity index (χ0) is 15.1. The molecule has 0 amide bonds. The number of hydrogen-bond acceptors (Lipinski definition) is 2. The van der Waals surface area contributed by atoms with Gasteiger partial charge in [-0.1, -0.05) is 57.4 Å². The molecule has 0 bridgehead atoms. The van der Waals surface area contributed by atoms with Crippen molar-refractivity contribution in [2.24, 2.45) is 5.92 Å². The maximum Gasteiger partial charge on any atom is 0.0955 e. The van der Waals surface area contributed by atoms with Gasteiger partial charge in [0.05, 0.1) is 12.2 Å². The van der Waals surface area contributed by atoms with Crippen LogP contribution in [-0.2, 0) is 4.74 Å². The highest BCUT2D eigenvalue weighted by atomic mass is 16.5. The summed E-state index contributed by atoms with van der Waals surface area (Å²) in [6.07, 6.45) is 7.10. The van der Waals surface area contributed by atoms with Crippen LogP contribution in [0.3, 0.4) is 0 Å². The van der Waals surface area contributed by atoms with E-state index in [1.807, 2.05) is 0 Å². The highest BCUT2D eigenvalue weighted by molar-refractivity contribution is 5.28. The van der Waals surface area contributed by atoms with Crippen molar-refractivity contribution in [2.75, 3.05) is 13.1 Å². The number of aryl methyl sites for hydroxylation is 1. The van der Waals surface area contributed by atoms with Gasteiger partial charge in [0.2, 0.25) is 0 Å². The highest BCUT2D eigenvalue weighted by Gasteiger charge is 2.25. The van der Waals surface area contributed by atoms with Gasteiger partial charge in [0.1, 0.15) is 0 Å². The van der Waals surface area contributed by atoms with E-state index in [1.165, 1.54) is 43.2 Å². The molecular formula is C19H31NO. The summed E-state index contributed by atoms with van der Waals surface area (Å²) in [5, 5.41) is 3.46. The molecule has 3 unspecified atom stereocenters. The fourth-order valence-corrected chi connectivity index (χ4v) is 3.42. The Balaban J connectivity index is 2.04. The molecule has 21 heavy (non-hydrogen) atoms. The molecule has 3 atom stereocenters. The monoisotopic (exact) mass is 289 g/mol. The van der Waals surface area contributed by atoms with Gasteiger partial charge in [-0.05, 0) is 43.4 Å².